The highest BCUT2D eigenvalue weighted by molar-refractivity contribution is 7.08. The molecule has 1 aliphatic heterocycles. The summed E-state index contributed by atoms with van der Waals surface area (Å²) in [5.74, 6) is 0.362. The number of carbonyl (C=O) groups excluding carboxylic acids is 1. The third-order valence-corrected chi connectivity index (χ3v) is 4.06. The highest BCUT2D eigenvalue weighted by Gasteiger charge is 2.38. The summed E-state index contributed by atoms with van der Waals surface area (Å²) in [5.41, 5.74) is 0.939. The normalized spacial score (nSPS) is 25.7. The van der Waals surface area contributed by atoms with Crippen molar-refractivity contribution in [3.8, 4) is 0 Å². The lowest BCUT2D eigenvalue weighted by Gasteiger charge is -2.26. The van der Waals surface area contributed by atoms with Crippen LogP contribution in [0.15, 0.2) is 16.8 Å². The summed E-state index contributed by atoms with van der Waals surface area (Å²) in [6.07, 6.45) is 3.63. The van der Waals surface area contributed by atoms with Crippen LogP contribution in [0.3, 0.4) is 0 Å². The number of rotatable bonds is 4. The van der Waals surface area contributed by atoms with Crippen LogP contribution in [0.2, 0.25) is 0 Å². The lowest BCUT2D eigenvalue weighted by atomic mass is 9.86. The summed E-state index contributed by atoms with van der Waals surface area (Å²) in [5, 5.41) is 7.48. The van der Waals surface area contributed by atoms with Crippen LogP contribution in [0.4, 0.5) is 0 Å². The molecule has 0 aliphatic carbocycles. The van der Waals surface area contributed by atoms with E-state index in [1.54, 1.807) is 11.3 Å². The Hall–Kier alpha value is -0.670. The van der Waals surface area contributed by atoms with Crippen LogP contribution in [0, 0.1) is 0 Å². The molecule has 2 heterocycles. The van der Waals surface area contributed by atoms with E-state index in [2.05, 4.69) is 17.6 Å². The number of thiophene rings is 1. The van der Waals surface area contributed by atoms with Crippen LogP contribution in [0.25, 0.3) is 0 Å². The lowest BCUT2D eigenvalue weighted by Crippen LogP contribution is -2.47. The van der Waals surface area contributed by atoms with E-state index in [4.69, 9.17) is 0 Å². The van der Waals surface area contributed by atoms with E-state index in [-0.39, 0.29) is 5.54 Å². The van der Waals surface area contributed by atoms with Crippen LogP contribution in [-0.4, -0.2) is 17.9 Å². The van der Waals surface area contributed by atoms with E-state index in [1.165, 1.54) is 0 Å². The van der Waals surface area contributed by atoms with Gasteiger partial charge in [-0.2, -0.15) is 11.3 Å². The number of Topliss-reactive ketones (excluding diaryl/α,β-unsaturated/α-hetero) is 1. The third kappa shape index (κ3) is 2.13. The Kier molecular flexibility index (Phi) is 3.22. The highest BCUT2D eigenvalue weighted by atomic mass is 32.1. The molecule has 0 aromatic carbocycles. The Balaban J connectivity index is 2.06. The van der Waals surface area contributed by atoms with Gasteiger partial charge in [-0.3, -0.25) is 4.79 Å². The van der Waals surface area contributed by atoms with Gasteiger partial charge in [0.2, 0.25) is 0 Å². The largest absolute Gasteiger partial charge is 0.305 e. The fraction of sp³-hybridized carbons (Fsp3) is 0.583. The Labute approximate surface area is 94.7 Å². The van der Waals surface area contributed by atoms with Gasteiger partial charge in [0, 0.05) is 6.42 Å². The maximum Gasteiger partial charge on any atom is 0.157 e. The fourth-order valence-electron chi connectivity index (χ4n) is 2.29. The second kappa shape index (κ2) is 4.45. The maximum absolute atomic E-state index is 12.2. The number of ketones is 1. The average molecular weight is 223 g/mol. The van der Waals surface area contributed by atoms with Crippen LogP contribution >= 0.6 is 11.3 Å². The number of hydrogen-bond donors (Lipinski definition) is 1. The first-order valence-electron chi connectivity index (χ1n) is 5.56. The maximum atomic E-state index is 12.2. The molecule has 2 rings (SSSR count). The van der Waals surface area contributed by atoms with Gasteiger partial charge in [-0.25, -0.2) is 0 Å². The van der Waals surface area contributed by atoms with Gasteiger partial charge in [0.25, 0.3) is 0 Å². The predicted molar refractivity (Wildman–Crippen MR) is 63.3 cm³/mol. The Morgan fingerprint density at radius 1 is 1.67 bits per heavy atom. The summed E-state index contributed by atoms with van der Waals surface area (Å²) in [7, 11) is 0. The van der Waals surface area contributed by atoms with Crippen molar-refractivity contribution in [3.05, 3.63) is 22.4 Å². The Bertz CT molecular complexity index is 325. The molecular formula is C12H17NOS. The zero-order valence-electron chi connectivity index (χ0n) is 9.08. The van der Waals surface area contributed by atoms with Crippen LogP contribution in [-0.2, 0) is 11.2 Å². The SMILES string of the molecule is CCC1(C(=O)Cc2ccsc2)CCCN1. The standard InChI is InChI=1S/C12H17NOS/c1-2-12(5-3-6-13-12)11(14)8-10-4-7-15-9-10/h4,7,9,13H,2-3,5-6,8H2,1H3. The molecule has 1 unspecified atom stereocenters. The van der Waals surface area contributed by atoms with E-state index in [9.17, 15) is 4.79 Å². The molecule has 0 spiro atoms. The summed E-state index contributed by atoms with van der Waals surface area (Å²) >= 11 is 1.66. The fourth-order valence-corrected chi connectivity index (χ4v) is 2.96. The van der Waals surface area contributed by atoms with Crippen molar-refractivity contribution in [2.24, 2.45) is 0 Å². The molecule has 1 atom stereocenters. The van der Waals surface area contributed by atoms with Gasteiger partial charge in [0.1, 0.15) is 0 Å². The van der Waals surface area contributed by atoms with Crippen LogP contribution in [0.5, 0.6) is 0 Å². The predicted octanol–water partition coefficient (Wildman–Crippen LogP) is 2.39. The van der Waals surface area contributed by atoms with E-state index < -0.39 is 0 Å². The van der Waals surface area contributed by atoms with Crippen LogP contribution in [0.1, 0.15) is 31.7 Å². The summed E-state index contributed by atoms with van der Waals surface area (Å²) in [6, 6.07) is 2.04. The molecule has 82 valence electrons. The van der Waals surface area contributed by atoms with E-state index in [0.29, 0.717) is 12.2 Å². The average Bonchev–Trinajstić information content (AvgIpc) is 2.87. The quantitative estimate of drug-likeness (QED) is 0.849. The number of nitrogens with one attached hydrogen (secondary N) is 1. The summed E-state index contributed by atoms with van der Waals surface area (Å²) < 4.78 is 0. The molecular weight excluding hydrogens is 206 g/mol. The van der Waals surface area contributed by atoms with Crippen molar-refractivity contribution in [3.63, 3.8) is 0 Å². The zero-order chi connectivity index (χ0) is 10.7. The molecule has 15 heavy (non-hydrogen) atoms. The Morgan fingerprint density at radius 3 is 3.07 bits per heavy atom. The Morgan fingerprint density at radius 2 is 2.53 bits per heavy atom. The molecule has 1 fully saturated rings. The first-order valence-corrected chi connectivity index (χ1v) is 6.50. The third-order valence-electron chi connectivity index (χ3n) is 3.33. The topological polar surface area (TPSA) is 29.1 Å². The molecule has 1 aliphatic rings. The molecule has 0 bridgehead atoms. The summed E-state index contributed by atoms with van der Waals surface area (Å²) in [4.78, 5) is 12.2. The van der Waals surface area contributed by atoms with E-state index in [1.807, 2.05) is 11.4 Å². The molecule has 1 N–H and O–H groups in total. The second-order valence-electron chi connectivity index (χ2n) is 4.20. The lowest BCUT2D eigenvalue weighted by molar-refractivity contribution is -0.124. The number of hydrogen-bond acceptors (Lipinski definition) is 3. The van der Waals surface area contributed by atoms with Crippen molar-refractivity contribution in [2.45, 2.75) is 38.1 Å². The van der Waals surface area contributed by atoms with Gasteiger partial charge in [-0.05, 0) is 48.2 Å². The molecule has 1 saturated heterocycles. The van der Waals surface area contributed by atoms with Gasteiger partial charge in [-0.1, -0.05) is 6.92 Å². The minimum absolute atomic E-state index is 0.220. The van der Waals surface area contributed by atoms with Gasteiger partial charge in [0.15, 0.2) is 5.78 Å². The number of carbonyl (C=O) groups is 1. The smallest absolute Gasteiger partial charge is 0.157 e. The van der Waals surface area contributed by atoms with Gasteiger partial charge in [-0.15, -0.1) is 0 Å². The van der Waals surface area contributed by atoms with Crippen molar-refractivity contribution >= 4 is 17.1 Å². The summed E-state index contributed by atoms with van der Waals surface area (Å²) in [6.45, 7) is 3.09. The van der Waals surface area contributed by atoms with Gasteiger partial charge in [0.05, 0.1) is 5.54 Å². The van der Waals surface area contributed by atoms with E-state index in [0.717, 1.165) is 31.4 Å². The molecule has 3 heteroatoms. The minimum atomic E-state index is -0.220. The van der Waals surface area contributed by atoms with E-state index >= 15 is 0 Å². The second-order valence-corrected chi connectivity index (χ2v) is 4.98. The first kappa shape index (κ1) is 10.8. The molecule has 0 radical (unpaired) electrons. The highest BCUT2D eigenvalue weighted by Crippen LogP contribution is 2.25. The van der Waals surface area contributed by atoms with Gasteiger partial charge >= 0.3 is 0 Å². The zero-order valence-corrected chi connectivity index (χ0v) is 9.90. The van der Waals surface area contributed by atoms with Crippen molar-refractivity contribution in [1.82, 2.24) is 5.32 Å². The molecule has 0 amide bonds. The van der Waals surface area contributed by atoms with Crippen molar-refractivity contribution < 1.29 is 4.79 Å². The molecule has 1 aromatic heterocycles. The van der Waals surface area contributed by atoms with Crippen molar-refractivity contribution in [2.75, 3.05) is 6.54 Å². The molecule has 0 saturated carbocycles. The monoisotopic (exact) mass is 223 g/mol. The first-order chi connectivity index (χ1) is 7.27. The van der Waals surface area contributed by atoms with Crippen LogP contribution < -0.4 is 5.32 Å². The van der Waals surface area contributed by atoms with Gasteiger partial charge < -0.3 is 5.32 Å². The van der Waals surface area contributed by atoms with Crippen molar-refractivity contribution in [1.29, 1.82) is 0 Å². The molecule has 2 nitrogen and oxygen atoms in total. The molecule has 1 aromatic rings. The minimum Gasteiger partial charge on any atom is -0.305 e.